The van der Waals surface area contributed by atoms with Crippen LogP contribution in [0.4, 0.5) is 0 Å². The molecule has 0 N–H and O–H groups in total. The van der Waals surface area contributed by atoms with E-state index in [0.29, 0.717) is 11.5 Å². The van der Waals surface area contributed by atoms with Crippen LogP contribution in [0.2, 0.25) is 0 Å². The number of fused-ring (bicyclic) bond motifs is 2. The molecule has 0 aliphatic heterocycles. The fourth-order valence-corrected chi connectivity index (χ4v) is 3.94. The van der Waals surface area contributed by atoms with Crippen LogP contribution in [0.5, 0.6) is 11.5 Å². The number of benzene rings is 5. The first kappa shape index (κ1) is 24.8. The molecule has 0 radical (unpaired) electrons. The Morgan fingerprint density at radius 2 is 0.868 bits per heavy atom. The van der Waals surface area contributed by atoms with E-state index >= 15 is 0 Å². The average molecular weight is 507 g/mol. The highest BCUT2D eigenvalue weighted by atomic mass is 16.6. The van der Waals surface area contributed by atoms with Crippen molar-refractivity contribution in [2.24, 2.45) is 0 Å². The monoisotopic (exact) mass is 506 g/mol. The number of hydrogen-bond acceptors (Lipinski definition) is 6. The summed E-state index contributed by atoms with van der Waals surface area (Å²) in [5.74, 6) is 0.314. The summed E-state index contributed by atoms with van der Waals surface area (Å²) in [6.07, 6.45) is 0. The molecule has 5 rings (SSSR count). The maximum Gasteiger partial charge on any atom is 0.344 e. The molecule has 0 aliphatic rings. The Balaban J connectivity index is 1.02. The molecule has 0 aromatic heterocycles. The van der Waals surface area contributed by atoms with Crippen LogP contribution in [0, 0.1) is 0 Å². The molecule has 6 nitrogen and oxygen atoms in total. The Labute approximate surface area is 220 Å². The molecule has 0 atom stereocenters. The second-order valence-corrected chi connectivity index (χ2v) is 8.73. The van der Waals surface area contributed by atoms with Crippen LogP contribution in [-0.2, 0) is 32.3 Å². The second-order valence-electron chi connectivity index (χ2n) is 8.73. The Kier molecular flexibility index (Phi) is 7.80. The van der Waals surface area contributed by atoms with E-state index in [1.54, 1.807) is 0 Å². The van der Waals surface area contributed by atoms with Crippen molar-refractivity contribution in [1.82, 2.24) is 0 Å². The molecule has 0 fully saturated rings. The van der Waals surface area contributed by atoms with E-state index in [4.69, 9.17) is 18.9 Å². The third kappa shape index (κ3) is 6.68. The standard InChI is InChI=1S/C32H26O6/c33-31(21-35-29-15-13-25-5-1-3-7-27(25)17-29)37-19-23-9-11-24(12-10-23)20-38-32(34)22-36-30-16-14-26-6-2-4-8-28(26)18-30/h1-18H,19-22H2. The highest BCUT2D eigenvalue weighted by molar-refractivity contribution is 5.84. The molecule has 0 heterocycles. The molecule has 0 spiro atoms. The van der Waals surface area contributed by atoms with Gasteiger partial charge in [-0.2, -0.15) is 0 Å². The van der Waals surface area contributed by atoms with Gasteiger partial charge in [-0.15, -0.1) is 0 Å². The minimum absolute atomic E-state index is 0.125. The quantitative estimate of drug-likeness (QED) is 0.209. The molecule has 0 bridgehead atoms. The van der Waals surface area contributed by atoms with Crippen LogP contribution >= 0.6 is 0 Å². The van der Waals surface area contributed by atoms with Crippen molar-refractivity contribution < 1.29 is 28.5 Å². The Morgan fingerprint density at radius 1 is 0.474 bits per heavy atom. The molecule has 0 saturated heterocycles. The van der Waals surface area contributed by atoms with Gasteiger partial charge in [0.1, 0.15) is 24.7 Å². The molecular weight excluding hydrogens is 480 g/mol. The lowest BCUT2D eigenvalue weighted by atomic mass is 10.1. The Morgan fingerprint density at radius 3 is 1.29 bits per heavy atom. The van der Waals surface area contributed by atoms with E-state index in [9.17, 15) is 9.59 Å². The zero-order chi connectivity index (χ0) is 26.2. The van der Waals surface area contributed by atoms with Crippen molar-refractivity contribution in [3.63, 3.8) is 0 Å². The molecule has 190 valence electrons. The fraction of sp³-hybridized carbons (Fsp3) is 0.125. The zero-order valence-electron chi connectivity index (χ0n) is 20.7. The number of rotatable bonds is 10. The van der Waals surface area contributed by atoms with Gasteiger partial charge < -0.3 is 18.9 Å². The van der Waals surface area contributed by atoms with E-state index in [2.05, 4.69) is 0 Å². The predicted molar refractivity (Wildman–Crippen MR) is 145 cm³/mol. The van der Waals surface area contributed by atoms with E-state index in [-0.39, 0.29) is 26.4 Å². The summed E-state index contributed by atoms with van der Waals surface area (Å²) in [6.45, 7) is -0.0968. The molecule has 5 aromatic carbocycles. The van der Waals surface area contributed by atoms with Crippen LogP contribution in [0.25, 0.3) is 21.5 Å². The summed E-state index contributed by atoms with van der Waals surface area (Å²) < 4.78 is 21.8. The third-order valence-corrected chi connectivity index (χ3v) is 5.98. The van der Waals surface area contributed by atoms with Gasteiger partial charge in [0.25, 0.3) is 0 Å². The van der Waals surface area contributed by atoms with E-state index < -0.39 is 11.9 Å². The maximum atomic E-state index is 12.1. The van der Waals surface area contributed by atoms with E-state index in [0.717, 1.165) is 32.7 Å². The van der Waals surface area contributed by atoms with Gasteiger partial charge in [-0.1, -0.05) is 84.9 Å². The minimum atomic E-state index is -0.456. The summed E-state index contributed by atoms with van der Waals surface area (Å²) >= 11 is 0. The summed E-state index contributed by atoms with van der Waals surface area (Å²) in [5.41, 5.74) is 1.64. The number of hydrogen-bond donors (Lipinski definition) is 0. The van der Waals surface area contributed by atoms with Crippen molar-refractivity contribution in [3.05, 3.63) is 120 Å². The van der Waals surface area contributed by atoms with Gasteiger partial charge in [0.2, 0.25) is 0 Å². The highest BCUT2D eigenvalue weighted by Gasteiger charge is 2.08. The lowest BCUT2D eigenvalue weighted by Gasteiger charge is -2.09. The van der Waals surface area contributed by atoms with E-state index in [1.165, 1.54) is 0 Å². The van der Waals surface area contributed by atoms with Crippen molar-refractivity contribution in [3.8, 4) is 11.5 Å². The topological polar surface area (TPSA) is 71.1 Å². The normalized spacial score (nSPS) is 10.7. The van der Waals surface area contributed by atoms with Crippen LogP contribution < -0.4 is 9.47 Å². The van der Waals surface area contributed by atoms with Crippen LogP contribution in [0.15, 0.2) is 109 Å². The van der Waals surface area contributed by atoms with Gasteiger partial charge in [0.15, 0.2) is 13.2 Å². The zero-order valence-corrected chi connectivity index (χ0v) is 20.7. The molecule has 38 heavy (non-hydrogen) atoms. The highest BCUT2D eigenvalue weighted by Crippen LogP contribution is 2.21. The first-order chi connectivity index (χ1) is 18.6. The van der Waals surface area contributed by atoms with Crippen molar-refractivity contribution in [2.45, 2.75) is 13.2 Å². The van der Waals surface area contributed by atoms with Crippen LogP contribution in [-0.4, -0.2) is 25.2 Å². The van der Waals surface area contributed by atoms with Gasteiger partial charge in [0.05, 0.1) is 0 Å². The second kappa shape index (κ2) is 11.9. The van der Waals surface area contributed by atoms with Gasteiger partial charge in [-0.05, 0) is 56.9 Å². The maximum absolute atomic E-state index is 12.1. The fourth-order valence-electron chi connectivity index (χ4n) is 3.94. The molecule has 5 aromatic rings. The van der Waals surface area contributed by atoms with Crippen LogP contribution in [0.3, 0.4) is 0 Å². The van der Waals surface area contributed by atoms with Gasteiger partial charge in [0, 0.05) is 0 Å². The molecule has 6 heteroatoms. The Bertz CT molecular complexity index is 1440. The van der Waals surface area contributed by atoms with Crippen molar-refractivity contribution in [2.75, 3.05) is 13.2 Å². The summed E-state index contributed by atoms with van der Waals surface area (Å²) in [6, 6.07) is 34.5. The summed E-state index contributed by atoms with van der Waals surface area (Å²) in [4.78, 5) is 24.2. The summed E-state index contributed by atoms with van der Waals surface area (Å²) in [7, 11) is 0. The predicted octanol–water partition coefficient (Wildman–Crippen LogP) is 6.24. The summed E-state index contributed by atoms with van der Waals surface area (Å²) in [5, 5.41) is 4.30. The number of carbonyl (C=O) groups excluding carboxylic acids is 2. The lowest BCUT2D eigenvalue weighted by Crippen LogP contribution is -2.15. The number of esters is 2. The lowest BCUT2D eigenvalue weighted by molar-refractivity contribution is -0.148. The first-order valence-corrected chi connectivity index (χ1v) is 12.2. The van der Waals surface area contributed by atoms with Gasteiger partial charge in [-0.3, -0.25) is 0 Å². The molecular formula is C32H26O6. The van der Waals surface area contributed by atoms with Gasteiger partial charge in [-0.25, -0.2) is 9.59 Å². The van der Waals surface area contributed by atoms with Crippen LogP contribution in [0.1, 0.15) is 11.1 Å². The molecule has 0 unspecified atom stereocenters. The smallest absolute Gasteiger partial charge is 0.344 e. The largest absolute Gasteiger partial charge is 0.482 e. The SMILES string of the molecule is O=C(COc1ccc2ccccc2c1)OCc1ccc(COC(=O)COc2ccc3ccccc3c2)cc1. The molecule has 0 aliphatic carbocycles. The molecule has 0 amide bonds. The molecule has 0 saturated carbocycles. The van der Waals surface area contributed by atoms with E-state index in [1.807, 2.05) is 109 Å². The van der Waals surface area contributed by atoms with Crippen molar-refractivity contribution >= 4 is 33.5 Å². The number of carbonyl (C=O) groups is 2. The number of ether oxygens (including phenoxy) is 4. The first-order valence-electron chi connectivity index (χ1n) is 12.2. The Hall–Kier alpha value is -4.84. The third-order valence-electron chi connectivity index (χ3n) is 5.98. The van der Waals surface area contributed by atoms with Gasteiger partial charge >= 0.3 is 11.9 Å². The van der Waals surface area contributed by atoms with Crippen molar-refractivity contribution in [1.29, 1.82) is 0 Å². The minimum Gasteiger partial charge on any atom is -0.482 e. The average Bonchev–Trinajstić information content (AvgIpc) is 2.97.